The first-order valence-corrected chi connectivity index (χ1v) is 9.91. The fraction of sp³-hybridized carbons (Fsp3) is 0.381. The molecule has 0 radical (unpaired) electrons. The van der Waals surface area contributed by atoms with Gasteiger partial charge >= 0.3 is 12.1 Å². The fourth-order valence-corrected chi connectivity index (χ4v) is 3.39. The first kappa shape index (κ1) is 24.1. The Morgan fingerprint density at radius 3 is 2.42 bits per heavy atom. The standard InChI is InChI=1S/C21H21F4N5O3/c1-11-15(12(2)30-20(26-11)28-19(29-30)21(23,24)25)8-9-17(31)27-16(10-18(32)33-3)13-4-6-14(22)7-5-13/h4-7,16H,8-10H2,1-3H3,(H,27,31). The Hall–Kier alpha value is -3.57. The summed E-state index contributed by atoms with van der Waals surface area (Å²) in [6.07, 6.45) is -4.72. The molecule has 0 fully saturated rings. The molecule has 8 nitrogen and oxygen atoms in total. The van der Waals surface area contributed by atoms with Crippen molar-refractivity contribution >= 4 is 17.7 Å². The quantitative estimate of drug-likeness (QED) is 0.423. The van der Waals surface area contributed by atoms with Gasteiger partial charge in [-0.15, -0.1) is 5.10 Å². The van der Waals surface area contributed by atoms with E-state index in [1.807, 2.05) is 0 Å². The lowest BCUT2D eigenvalue weighted by molar-refractivity contribution is -0.145. The molecule has 1 atom stereocenters. The molecule has 176 valence electrons. The molecule has 1 N–H and O–H groups in total. The zero-order valence-electron chi connectivity index (χ0n) is 18.0. The van der Waals surface area contributed by atoms with E-state index in [0.29, 0.717) is 22.5 Å². The number of alkyl halides is 3. The van der Waals surface area contributed by atoms with Crippen LogP contribution in [0.4, 0.5) is 17.6 Å². The number of carbonyl (C=O) groups excluding carboxylic acids is 2. The number of benzene rings is 1. The topological polar surface area (TPSA) is 98.5 Å². The Bertz CT molecular complexity index is 1180. The summed E-state index contributed by atoms with van der Waals surface area (Å²) in [5.74, 6) is -2.91. The maximum atomic E-state index is 13.2. The number of amides is 1. The van der Waals surface area contributed by atoms with Crippen molar-refractivity contribution in [2.24, 2.45) is 0 Å². The highest BCUT2D eigenvalue weighted by Gasteiger charge is 2.37. The number of aromatic nitrogens is 4. The molecule has 0 aliphatic heterocycles. The molecule has 2 heterocycles. The summed E-state index contributed by atoms with van der Waals surface area (Å²) in [7, 11) is 1.22. The zero-order chi connectivity index (χ0) is 24.3. The van der Waals surface area contributed by atoms with Gasteiger partial charge in [-0.2, -0.15) is 18.2 Å². The third kappa shape index (κ3) is 5.62. The minimum Gasteiger partial charge on any atom is -0.469 e. The van der Waals surface area contributed by atoms with Gasteiger partial charge in [0, 0.05) is 17.8 Å². The molecular formula is C21H21F4N5O3. The van der Waals surface area contributed by atoms with E-state index in [0.717, 1.165) is 4.52 Å². The Labute approximate surface area is 186 Å². The third-order valence-electron chi connectivity index (χ3n) is 5.11. The highest BCUT2D eigenvalue weighted by atomic mass is 19.4. The van der Waals surface area contributed by atoms with E-state index in [-0.39, 0.29) is 25.0 Å². The van der Waals surface area contributed by atoms with Crippen LogP contribution in [-0.2, 0) is 26.9 Å². The normalized spacial score (nSPS) is 12.6. The number of esters is 1. The summed E-state index contributed by atoms with van der Waals surface area (Å²) in [5, 5.41) is 6.21. The van der Waals surface area contributed by atoms with Gasteiger partial charge in [0.2, 0.25) is 5.91 Å². The lowest BCUT2D eigenvalue weighted by Gasteiger charge is -2.18. The summed E-state index contributed by atoms with van der Waals surface area (Å²) in [6.45, 7) is 3.18. The van der Waals surface area contributed by atoms with Gasteiger partial charge < -0.3 is 10.1 Å². The summed E-state index contributed by atoms with van der Waals surface area (Å²) >= 11 is 0. The molecule has 2 aromatic heterocycles. The minimum absolute atomic E-state index is 0.0332. The van der Waals surface area contributed by atoms with Gasteiger partial charge in [0.25, 0.3) is 11.6 Å². The monoisotopic (exact) mass is 467 g/mol. The van der Waals surface area contributed by atoms with E-state index in [9.17, 15) is 27.2 Å². The van der Waals surface area contributed by atoms with Crippen molar-refractivity contribution in [2.45, 2.75) is 45.3 Å². The van der Waals surface area contributed by atoms with E-state index in [1.165, 1.54) is 31.4 Å². The van der Waals surface area contributed by atoms with Crippen LogP contribution in [0.2, 0.25) is 0 Å². The number of rotatable bonds is 7. The summed E-state index contributed by atoms with van der Waals surface area (Å²) < 4.78 is 57.7. The molecule has 0 saturated heterocycles. The van der Waals surface area contributed by atoms with Crippen LogP contribution >= 0.6 is 0 Å². The van der Waals surface area contributed by atoms with Crippen LogP contribution in [0, 0.1) is 19.7 Å². The molecule has 33 heavy (non-hydrogen) atoms. The molecule has 1 amide bonds. The van der Waals surface area contributed by atoms with Gasteiger partial charge in [0.15, 0.2) is 0 Å². The Morgan fingerprint density at radius 2 is 1.82 bits per heavy atom. The lowest BCUT2D eigenvalue weighted by Crippen LogP contribution is -2.30. The lowest BCUT2D eigenvalue weighted by atomic mass is 10.0. The van der Waals surface area contributed by atoms with Crippen molar-refractivity contribution in [3.63, 3.8) is 0 Å². The number of nitrogens with one attached hydrogen (secondary N) is 1. The summed E-state index contributed by atoms with van der Waals surface area (Å²) in [5.41, 5.74) is 1.90. The van der Waals surface area contributed by atoms with Crippen molar-refractivity contribution in [1.29, 1.82) is 0 Å². The van der Waals surface area contributed by atoms with Gasteiger partial charge in [-0.1, -0.05) is 12.1 Å². The molecule has 0 aliphatic rings. The number of ether oxygens (including phenoxy) is 1. The molecule has 1 unspecified atom stereocenters. The van der Waals surface area contributed by atoms with Crippen LogP contribution in [0.15, 0.2) is 24.3 Å². The number of nitrogens with zero attached hydrogens (tertiary/aromatic N) is 4. The first-order chi connectivity index (χ1) is 15.5. The second-order valence-electron chi connectivity index (χ2n) is 7.36. The van der Waals surface area contributed by atoms with Crippen molar-refractivity contribution in [3.05, 3.63) is 58.4 Å². The molecule has 0 spiro atoms. The number of carbonyl (C=O) groups is 2. The second kappa shape index (κ2) is 9.51. The highest BCUT2D eigenvalue weighted by molar-refractivity contribution is 5.78. The predicted molar refractivity (Wildman–Crippen MR) is 107 cm³/mol. The van der Waals surface area contributed by atoms with Crippen LogP contribution in [0.25, 0.3) is 5.78 Å². The molecule has 0 aliphatic carbocycles. The largest absolute Gasteiger partial charge is 0.469 e. The second-order valence-corrected chi connectivity index (χ2v) is 7.36. The van der Waals surface area contributed by atoms with Gasteiger partial charge in [-0.05, 0) is 43.5 Å². The number of hydrogen-bond acceptors (Lipinski definition) is 6. The maximum Gasteiger partial charge on any atom is 0.453 e. The van der Waals surface area contributed by atoms with Crippen LogP contribution in [0.1, 0.15) is 47.2 Å². The zero-order valence-corrected chi connectivity index (χ0v) is 18.0. The summed E-state index contributed by atoms with van der Waals surface area (Å²) in [4.78, 5) is 31.9. The number of halogens is 4. The Balaban J connectivity index is 1.77. The van der Waals surface area contributed by atoms with Crippen LogP contribution < -0.4 is 5.32 Å². The molecule has 0 bridgehead atoms. The Kier molecular flexibility index (Phi) is 6.94. The molecule has 0 saturated carbocycles. The van der Waals surface area contributed by atoms with Crippen molar-refractivity contribution in [1.82, 2.24) is 24.9 Å². The van der Waals surface area contributed by atoms with E-state index in [2.05, 4.69) is 25.1 Å². The maximum absolute atomic E-state index is 13.2. The molecule has 1 aromatic carbocycles. The molecule has 12 heteroatoms. The average molecular weight is 467 g/mol. The number of hydrogen-bond donors (Lipinski definition) is 1. The van der Waals surface area contributed by atoms with E-state index in [4.69, 9.17) is 0 Å². The van der Waals surface area contributed by atoms with Crippen LogP contribution in [-0.4, -0.2) is 38.6 Å². The van der Waals surface area contributed by atoms with Crippen LogP contribution in [0.3, 0.4) is 0 Å². The van der Waals surface area contributed by atoms with Crippen LogP contribution in [0.5, 0.6) is 0 Å². The minimum atomic E-state index is -4.71. The van der Waals surface area contributed by atoms with E-state index < -0.39 is 35.7 Å². The number of fused-ring (bicyclic) bond motifs is 1. The average Bonchev–Trinajstić information content (AvgIpc) is 3.18. The first-order valence-electron chi connectivity index (χ1n) is 9.91. The third-order valence-corrected chi connectivity index (χ3v) is 5.11. The van der Waals surface area contributed by atoms with E-state index >= 15 is 0 Å². The Morgan fingerprint density at radius 1 is 1.15 bits per heavy atom. The molecular weight excluding hydrogens is 446 g/mol. The van der Waals surface area contributed by atoms with Crippen molar-refractivity contribution in [2.75, 3.05) is 7.11 Å². The van der Waals surface area contributed by atoms with Gasteiger partial charge in [-0.3, -0.25) is 9.59 Å². The molecule has 3 rings (SSSR count). The predicted octanol–water partition coefficient (Wildman–Crippen LogP) is 3.25. The number of methoxy groups -OCH3 is 1. The smallest absolute Gasteiger partial charge is 0.453 e. The van der Waals surface area contributed by atoms with Crippen molar-refractivity contribution in [3.8, 4) is 0 Å². The highest BCUT2D eigenvalue weighted by Crippen LogP contribution is 2.27. The summed E-state index contributed by atoms with van der Waals surface area (Å²) in [6, 6.07) is 4.61. The number of aryl methyl sites for hydroxylation is 2. The van der Waals surface area contributed by atoms with E-state index in [1.54, 1.807) is 13.8 Å². The van der Waals surface area contributed by atoms with Gasteiger partial charge in [-0.25, -0.2) is 13.9 Å². The fourth-order valence-electron chi connectivity index (χ4n) is 3.39. The van der Waals surface area contributed by atoms with Gasteiger partial charge in [0.05, 0.1) is 19.6 Å². The van der Waals surface area contributed by atoms with Gasteiger partial charge in [0.1, 0.15) is 5.82 Å². The van der Waals surface area contributed by atoms with Crippen molar-refractivity contribution < 1.29 is 31.9 Å². The molecule has 3 aromatic rings. The SMILES string of the molecule is COC(=O)CC(NC(=O)CCc1c(C)nc2nc(C(F)(F)F)nn2c1C)c1ccc(F)cc1.